The maximum absolute atomic E-state index is 9.95. The van der Waals surface area contributed by atoms with Crippen LogP contribution in [0.15, 0.2) is 24.3 Å². The minimum atomic E-state index is -1.83. The molecule has 3 nitrogen and oxygen atoms in total. The number of aliphatic hydroxyl groups is 1. The molecule has 2 fully saturated rings. The second-order valence-electron chi connectivity index (χ2n) is 12.3. The average Bonchev–Trinajstić information content (AvgIpc) is 3.29. The minimum Gasteiger partial charge on any atom is -0.416 e. The van der Waals surface area contributed by atoms with Gasteiger partial charge in [-0.1, -0.05) is 65.8 Å². The van der Waals surface area contributed by atoms with E-state index < -0.39 is 8.32 Å². The summed E-state index contributed by atoms with van der Waals surface area (Å²) in [5, 5.41) is 10.2. The number of rotatable bonds is 10. The smallest absolute Gasteiger partial charge is 0.192 e. The lowest BCUT2D eigenvalue weighted by Gasteiger charge is -2.44. The van der Waals surface area contributed by atoms with Gasteiger partial charge in [0, 0.05) is 19.1 Å². The van der Waals surface area contributed by atoms with Crippen molar-refractivity contribution in [1.82, 2.24) is 0 Å². The van der Waals surface area contributed by atoms with Crippen LogP contribution in [0, 0.1) is 23.2 Å². The molecule has 0 radical (unpaired) electrons. The summed E-state index contributed by atoms with van der Waals surface area (Å²) in [7, 11) is -1.83. The van der Waals surface area contributed by atoms with Crippen molar-refractivity contribution in [3.8, 4) is 0 Å². The van der Waals surface area contributed by atoms with Gasteiger partial charge in [0.15, 0.2) is 8.32 Å². The Morgan fingerprint density at radius 2 is 1.61 bits per heavy atom. The summed E-state index contributed by atoms with van der Waals surface area (Å²) in [6, 6.07) is 8.90. The molecule has 2 aliphatic heterocycles. The second kappa shape index (κ2) is 9.28. The number of benzene rings is 1. The van der Waals surface area contributed by atoms with Crippen LogP contribution in [0.1, 0.15) is 65.5 Å². The van der Waals surface area contributed by atoms with Gasteiger partial charge in [0.05, 0.1) is 12.2 Å². The van der Waals surface area contributed by atoms with E-state index in [-0.39, 0.29) is 23.2 Å². The third-order valence-corrected chi connectivity index (χ3v) is 13.4. The molecule has 1 N–H and O–H groups in total. The van der Waals surface area contributed by atoms with Crippen LogP contribution >= 0.6 is 0 Å². The van der Waals surface area contributed by atoms with Crippen LogP contribution in [-0.2, 0) is 22.0 Å². The minimum absolute atomic E-state index is 0.0784. The van der Waals surface area contributed by atoms with E-state index in [1.807, 2.05) is 0 Å². The number of hydrogen-bond donors (Lipinski definition) is 1. The summed E-state index contributed by atoms with van der Waals surface area (Å²) in [5.41, 5.74) is 2.93. The summed E-state index contributed by atoms with van der Waals surface area (Å²) in [6.45, 7) is 19.9. The van der Waals surface area contributed by atoms with E-state index in [9.17, 15) is 5.11 Å². The zero-order valence-electron chi connectivity index (χ0n) is 21.2. The van der Waals surface area contributed by atoms with Crippen LogP contribution in [0.3, 0.4) is 0 Å². The average molecular weight is 447 g/mol. The molecular formula is C27H46O3Si. The molecule has 0 saturated carbocycles. The van der Waals surface area contributed by atoms with Crippen molar-refractivity contribution in [2.24, 2.45) is 23.2 Å². The van der Waals surface area contributed by atoms with E-state index in [1.54, 1.807) is 0 Å². The molecule has 4 heteroatoms. The van der Waals surface area contributed by atoms with Gasteiger partial charge >= 0.3 is 0 Å². The Morgan fingerprint density at radius 1 is 1.03 bits per heavy atom. The Balaban J connectivity index is 1.68. The molecule has 31 heavy (non-hydrogen) atoms. The highest BCUT2D eigenvalue weighted by Gasteiger charge is 2.48. The van der Waals surface area contributed by atoms with Gasteiger partial charge in [-0.15, -0.1) is 0 Å². The maximum atomic E-state index is 9.95. The lowest BCUT2D eigenvalue weighted by Crippen LogP contribution is -2.47. The topological polar surface area (TPSA) is 38.7 Å². The van der Waals surface area contributed by atoms with Crippen molar-refractivity contribution in [3.05, 3.63) is 35.4 Å². The summed E-state index contributed by atoms with van der Waals surface area (Å²) >= 11 is 0. The third kappa shape index (κ3) is 5.29. The summed E-state index contributed by atoms with van der Waals surface area (Å²) < 4.78 is 12.9. The van der Waals surface area contributed by atoms with Crippen molar-refractivity contribution < 1.29 is 14.3 Å². The molecule has 1 aromatic rings. The summed E-state index contributed by atoms with van der Waals surface area (Å²) in [5.74, 6) is 1.36. The Kier molecular flexibility index (Phi) is 7.47. The molecule has 0 unspecified atom stereocenters. The van der Waals surface area contributed by atoms with Crippen molar-refractivity contribution in [3.63, 3.8) is 0 Å². The molecule has 2 heterocycles. The highest BCUT2D eigenvalue weighted by Crippen LogP contribution is 2.46. The van der Waals surface area contributed by atoms with Gasteiger partial charge in [-0.25, -0.2) is 0 Å². The molecule has 0 aliphatic carbocycles. The van der Waals surface area contributed by atoms with Gasteiger partial charge in [0.2, 0.25) is 0 Å². The zero-order chi connectivity index (χ0) is 23.0. The number of ether oxygens (including phenoxy) is 1. The third-order valence-electron chi connectivity index (χ3n) is 8.86. The number of hydrogen-bond acceptors (Lipinski definition) is 3. The van der Waals surface area contributed by atoms with Crippen LogP contribution in [-0.4, -0.2) is 38.8 Å². The van der Waals surface area contributed by atoms with E-state index in [0.29, 0.717) is 23.9 Å². The van der Waals surface area contributed by atoms with Crippen molar-refractivity contribution in [2.75, 3.05) is 13.2 Å². The van der Waals surface area contributed by atoms with Crippen molar-refractivity contribution in [2.45, 2.75) is 97.6 Å². The van der Waals surface area contributed by atoms with Gasteiger partial charge < -0.3 is 14.3 Å². The molecule has 2 bridgehead atoms. The fourth-order valence-corrected chi connectivity index (χ4v) is 7.93. The largest absolute Gasteiger partial charge is 0.416 e. The molecule has 0 amide bonds. The summed E-state index contributed by atoms with van der Waals surface area (Å²) in [4.78, 5) is 0. The van der Waals surface area contributed by atoms with E-state index in [1.165, 1.54) is 11.1 Å². The Hall–Kier alpha value is -0.683. The number of fused-ring (bicyclic) bond motifs is 2. The fraction of sp³-hybridized carbons (Fsp3) is 0.778. The van der Waals surface area contributed by atoms with E-state index in [2.05, 4.69) is 78.9 Å². The first-order chi connectivity index (χ1) is 14.4. The highest BCUT2D eigenvalue weighted by molar-refractivity contribution is 6.74. The van der Waals surface area contributed by atoms with E-state index >= 15 is 0 Å². The fourth-order valence-electron chi connectivity index (χ4n) is 5.41. The van der Waals surface area contributed by atoms with Crippen LogP contribution < -0.4 is 0 Å². The predicted octanol–water partition coefficient (Wildman–Crippen LogP) is 6.24. The highest BCUT2D eigenvalue weighted by atomic mass is 28.4. The van der Waals surface area contributed by atoms with Crippen LogP contribution in [0.4, 0.5) is 0 Å². The molecule has 0 aromatic heterocycles. The van der Waals surface area contributed by atoms with Crippen molar-refractivity contribution in [1.29, 1.82) is 0 Å². The monoisotopic (exact) mass is 446 g/mol. The first kappa shape index (κ1) is 24.9. The SMILES string of the molecule is CC(C)C(C)(C)[Si](C)(C)OCC(C)(C)Cc1ccccc1C[C@@H]1[C@H](CO)[C@H]2CC[C@@H]1O2. The second-order valence-corrected chi connectivity index (χ2v) is 16.9. The Bertz CT molecular complexity index is 740. The molecule has 4 atom stereocenters. The molecule has 0 spiro atoms. The van der Waals surface area contributed by atoms with Crippen LogP contribution in [0.2, 0.25) is 18.1 Å². The molecule has 176 valence electrons. The molecule has 3 rings (SSSR count). The first-order valence-corrected chi connectivity index (χ1v) is 15.3. The molecule has 2 aliphatic rings. The molecule has 1 aromatic carbocycles. The number of aliphatic hydroxyl groups excluding tert-OH is 1. The molecular weight excluding hydrogens is 400 g/mol. The van der Waals surface area contributed by atoms with E-state index in [0.717, 1.165) is 32.3 Å². The van der Waals surface area contributed by atoms with Gasteiger partial charge in [-0.05, 0) is 72.2 Å². The van der Waals surface area contributed by atoms with Gasteiger partial charge in [0.1, 0.15) is 0 Å². The standard InChI is InChI=1S/C27H46O3Si/c1-19(2)27(5,6)31(7,8)29-18-26(3,4)16-21-12-10-9-11-20(21)15-22-23(17-28)25-14-13-24(22)30-25/h9-12,19,22-25,28H,13-18H2,1-8H3/t22-,23+,24+,25-/m1/s1. The molecule has 2 saturated heterocycles. The van der Waals surface area contributed by atoms with Crippen LogP contribution in [0.25, 0.3) is 0 Å². The Labute approximate surface area is 192 Å². The summed E-state index contributed by atoms with van der Waals surface area (Å²) in [6.07, 6.45) is 4.90. The van der Waals surface area contributed by atoms with E-state index in [4.69, 9.17) is 9.16 Å². The van der Waals surface area contributed by atoms with Gasteiger partial charge in [-0.3, -0.25) is 0 Å². The normalized spacial score (nSPS) is 26.8. The lowest BCUT2D eigenvalue weighted by molar-refractivity contribution is 0.0786. The van der Waals surface area contributed by atoms with Crippen LogP contribution in [0.5, 0.6) is 0 Å². The maximum Gasteiger partial charge on any atom is 0.192 e. The lowest BCUT2D eigenvalue weighted by atomic mass is 9.75. The van der Waals surface area contributed by atoms with Crippen molar-refractivity contribution >= 4 is 8.32 Å². The first-order valence-electron chi connectivity index (χ1n) is 12.3. The van der Waals surface area contributed by atoms with Gasteiger partial charge in [0.25, 0.3) is 0 Å². The Morgan fingerprint density at radius 3 is 2.19 bits per heavy atom. The zero-order valence-corrected chi connectivity index (χ0v) is 22.2. The quantitative estimate of drug-likeness (QED) is 0.432. The predicted molar refractivity (Wildman–Crippen MR) is 132 cm³/mol. The van der Waals surface area contributed by atoms with Gasteiger partial charge in [-0.2, -0.15) is 0 Å².